The minimum atomic E-state index is -4.94. The molecule has 0 aliphatic heterocycles. The summed E-state index contributed by atoms with van der Waals surface area (Å²) >= 11 is 0. The van der Waals surface area contributed by atoms with E-state index >= 15 is 0 Å². The molecule has 0 aromatic carbocycles. The molecule has 0 saturated heterocycles. The third-order valence-electron chi connectivity index (χ3n) is 13.0. The lowest BCUT2D eigenvalue weighted by atomic mass is 10.1. The molecule has 0 amide bonds. The van der Waals surface area contributed by atoms with Crippen molar-refractivity contribution in [2.75, 3.05) is 39.6 Å². The fourth-order valence-corrected chi connectivity index (χ4v) is 9.61. The van der Waals surface area contributed by atoms with Crippen LogP contribution >= 0.6 is 15.6 Å². The van der Waals surface area contributed by atoms with E-state index in [-0.39, 0.29) is 19.3 Å². The lowest BCUT2D eigenvalue weighted by Crippen LogP contribution is -2.30. The lowest BCUT2D eigenvalue weighted by molar-refractivity contribution is -0.161. The number of allylic oxidation sites excluding steroid dienone is 24. The Balaban J connectivity index is 4.79. The quantitative estimate of drug-likeness (QED) is 0.0146. The van der Waals surface area contributed by atoms with Crippen molar-refractivity contribution in [1.82, 2.24) is 0 Å². The number of ether oxygens (including phenoxy) is 3. The number of phosphoric acid groups is 2. The second-order valence-electron chi connectivity index (χ2n) is 21.5. The zero-order chi connectivity index (χ0) is 65.3. The maximum atomic E-state index is 12.9. The third kappa shape index (κ3) is 64.8. The van der Waals surface area contributed by atoms with E-state index in [9.17, 15) is 43.5 Å². The highest BCUT2D eigenvalue weighted by Crippen LogP contribution is 2.45. The number of unbranched alkanes of at least 4 members (excludes halogenated alkanes) is 14. The van der Waals surface area contributed by atoms with Crippen molar-refractivity contribution in [1.29, 1.82) is 0 Å². The molecule has 0 heterocycles. The van der Waals surface area contributed by atoms with Gasteiger partial charge in [-0.1, -0.05) is 224 Å². The predicted molar refractivity (Wildman–Crippen MR) is 362 cm³/mol. The first-order valence-corrected chi connectivity index (χ1v) is 36.1. The van der Waals surface area contributed by atoms with Crippen molar-refractivity contribution in [3.05, 3.63) is 146 Å². The summed E-state index contributed by atoms with van der Waals surface area (Å²) in [6, 6.07) is 0. The number of aliphatic hydroxyl groups is 2. The second kappa shape index (κ2) is 63.6. The molecule has 0 aliphatic rings. The van der Waals surface area contributed by atoms with E-state index in [0.29, 0.717) is 25.7 Å². The molecule has 5 atom stereocenters. The van der Waals surface area contributed by atoms with Crippen LogP contribution in [0.15, 0.2) is 146 Å². The van der Waals surface area contributed by atoms with Gasteiger partial charge in [-0.15, -0.1) is 0 Å². The molecule has 0 fully saturated rings. The van der Waals surface area contributed by atoms with Gasteiger partial charge in [-0.2, -0.15) is 0 Å². The molecule has 506 valence electrons. The molecule has 0 aromatic heterocycles. The number of aliphatic hydroxyl groups excluding tert-OH is 2. The summed E-state index contributed by atoms with van der Waals surface area (Å²) in [5.74, 6) is -1.70. The number of phosphoric ester groups is 2. The highest BCUT2D eigenvalue weighted by atomic mass is 31.2. The fraction of sp³-hybridized carbons (Fsp3) is 0.620. The molecule has 5 unspecified atom stereocenters. The van der Waals surface area contributed by atoms with Crippen molar-refractivity contribution in [2.24, 2.45) is 0 Å². The Morgan fingerprint density at radius 3 is 1.01 bits per heavy atom. The van der Waals surface area contributed by atoms with Crippen molar-refractivity contribution in [3.63, 3.8) is 0 Å². The van der Waals surface area contributed by atoms with Crippen molar-refractivity contribution in [2.45, 2.75) is 245 Å². The largest absolute Gasteiger partial charge is 0.472 e. The van der Waals surface area contributed by atoms with E-state index in [0.717, 1.165) is 141 Å². The van der Waals surface area contributed by atoms with Crippen LogP contribution in [0.4, 0.5) is 0 Å². The van der Waals surface area contributed by atoms with Gasteiger partial charge >= 0.3 is 33.6 Å². The molecule has 16 nitrogen and oxygen atoms in total. The Morgan fingerprint density at radius 2 is 0.618 bits per heavy atom. The standard InChI is InChI=1S/C71H116O16P2/c1-4-7-10-13-16-19-22-25-28-30-32-34-37-39-42-45-48-51-54-57-69(74)81-60-66(72)61-83-88(77,78)84-62-67(73)63-85-89(79,80)86-65-68(87-71(76)59-56-53-50-47-44-41-36-27-24-21-18-15-12-9-6-3)64-82-70(75)58-55-52-49-46-43-40-38-35-33-31-29-26-23-20-17-14-11-8-5-2/h7,9-10,12,16-21,25-29,32-36,39,42,48,51,66-68,72-73H,4-6,8,11,13-15,22-24,30-31,37-38,40-41,43-47,49-50,52-65H2,1-3H3,(H,77,78)(H,79,80)/b10-7-,12-9-,19-16-,20-17-,21-18-,28-25-,29-26-,34-32-,35-33-,36-27-,42-39-,51-48-. The first kappa shape index (κ1) is 84.4. The minimum absolute atomic E-state index is 0.0552. The molecule has 0 bridgehead atoms. The number of carbonyl (C=O) groups excluding carboxylic acids is 3. The van der Waals surface area contributed by atoms with Crippen LogP contribution in [0.1, 0.15) is 226 Å². The van der Waals surface area contributed by atoms with E-state index in [1.165, 1.54) is 19.3 Å². The first-order valence-electron chi connectivity index (χ1n) is 33.1. The van der Waals surface area contributed by atoms with E-state index in [4.69, 9.17) is 32.3 Å². The monoisotopic (exact) mass is 1290 g/mol. The Bertz CT molecular complexity index is 2210. The summed E-state index contributed by atoms with van der Waals surface area (Å²) in [6.07, 6.45) is 74.8. The average Bonchev–Trinajstić information content (AvgIpc) is 3.54. The average molecular weight is 1290 g/mol. The van der Waals surface area contributed by atoms with Gasteiger partial charge < -0.3 is 34.2 Å². The topological polar surface area (TPSA) is 231 Å². The minimum Gasteiger partial charge on any atom is -0.463 e. The second-order valence-corrected chi connectivity index (χ2v) is 24.4. The van der Waals surface area contributed by atoms with Gasteiger partial charge in [0.1, 0.15) is 25.4 Å². The van der Waals surface area contributed by atoms with Gasteiger partial charge in [0.15, 0.2) is 6.10 Å². The zero-order valence-electron chi connectivity index (χ0n) is 54.5. The van der Waals surface area contributed by atoms with E-state index in [1.54, 1.807) is 0 Å². The number of hydrogen-bond donors (Lipinski definition) is 4. The van der Waals surface area contributed by atoms with E-state index < -0.39 is 91.5 Å². The van der Waals surface area contributed by atoms with Gasteiger partial charge in [-0.05, 0) is 128 Å². The van der Waals surface area contributed by atoms with Crippen LogP contribution in [0.25, 0.3) is 0 Å². The van der Waals surface area contributed by atoms with Gasteiger partial charge in [-0.25, -0.2) is 9.13 Å². The first-order chi connectivity index (χ1) is 43.2. The Hall–Kier alpha value is -4.57. The van der Waals surface area contributed by atoms with Crippen LogP contribution in [0.2, 0.25) is 0 Å². The molecule has 4 N–H and O–H groups in total. The number of hydrogen-bond acceptors (Lipinski definition) is 14. The van der Waals surface area contributed by atoms with Gasteiger partial charge in [0.05, 0.1) is 26.4 Å². The van der Waals surface area contributed by atoms with Gasteiger partial charge in [0.2, 0.25) is 0 Å². The van der Waals surface area contributed by atoms with Gasteiger partial charge in [-0.3, -0.25) is 32.5 Å². The summed E-state index contributed by atoms with van der Waals surface area (Å²) in [4.78, 5) is 58.3. The molecule has 0 aliphatic carbocycles. The number of carbonyl (C=O) groups is 3. The molecular weight excluding hydrogens is 1170 g/mol. The molecule has 0 radical (unpaired) electrons. The summed E-state index contributed by atoms with van der Waals surface area (Å²) in [7, 11) is -9.81. The summed E-state index contributed by atoms with van der Waals surface area (Å²) in [5, 5.41) is 20.5. The Morgan fingerprint density at radius 1 is 0.326 bits per heavy atom. The summed E-state index contributed by atoms with van der Waals surface area (Å²) < 4.78 is 60.7. The van der Waals surface area contributed by atoms with Crippen molar-refractivity contribution in [3.8, 4) is 0 Å². The SMILES string of the molecule is CC/C=C\C/C=C\C/C=C\C/C=C\C/C=C\C/C=C\CCC(=O)OCC(O)COP(=O)(O)OCC(O)COP(=O)(O)OCC(COC(=O)CCCCCCCC/C=C\C/C=C\C/C=C\CCCCC)OC(=O)CCCCCCC/C=C\C/C=C\C/C=C\CC. The molecule has 0 spiro atoms. The number of esters is 3. The fourth-order valence-electron chi connectivity index (χ4n) is 8.03. The third-order valence-corrected chi connectivity index (χ3v) is 14.9. The van der Waals surface area contributed by atoms with Crippen LogP contribution in [-0.4, -0.2) is 95.9 Å². The number of rotatable bonds is 61. The van der Waals surface area contributed by atoms with Gasteiger partial charge in [0.25, 0.3) is 0 Å². The highest BCUT2D eigenvalue weighted by Gasteiger charge is 2.29. The van der Waals surface area contributed by atoms with Crippen LogP contribution in [-0.2, 0) is 55.8 Å². The van der Waals surface area contributed by atoms with Crippen LogP contribution < -0.4 is 0 Å². The van der Waals surface area contributed by atoms with E-state index in [1.807, 2.05) is 18.2 Å². The molecule has 0 saturated carbocycles. The normalized spacial score (nSPS) is 15.2. The lowest BCUT2D eigenvalue weighted by Gasteiger charge is -2.21. The maximum absolute atomic E-state index is 12.9. The van der Waals surface area contributed by atoms with Crippen LogP contribution in [0.3, 0.4) is 0 Å². The zero-order valence-corrected chi connectivity index (χ0v) is 56.3. The van der Waals surface area contributed by atoms with Crippen LogP contribution in [0.5, 0.6) is 0 Å². The molecular formula is C71H116O16P2. The Labute approximate surface area is 537 Å². The van der Waals surface area contributed by atoms with Crippen molar-refractivity contribution >= 4 is 33.6 Å². The highest BCUT2D eigenvalue weighted by molar-refractivity contribution is 7.47. The molecule has 18 heteroatoms. The summed E-state index contributed by atoms with van der Waals surface area (Å²) in [5.41, 5.74) is 0. The molecule has 89 heavy (non-hydrogen) atoms. The van der Waals surface area contributed by atoms with Crippen LogP contribution in [0, 0.1) is 0 Å². The van der Waals surface area contributed by atoms with E-state index in [2.05, 4.69) is 148 Å². The maximum Gasteiger partial charge on any atom is 0.472 e. The molecule has 0 rings (SSSR count). The van der Waals surface area contributed by atoms with Gasteiger partial charge in [0, 0.05) is 19.3 Å². The predicted octanol–water partition coefficient (Wildman–Crippen LogP) is 18.2. The Kier molecular flexibility index (Phi) is 60.3. The summed E-state index contributed by atoms with van der Waals surface area (Å²) in [6.45, 7) is 2.25. The molecule has 0 aromatic rings. The smallest absolute Gasteiger partial charge is 0.463 e. The van der Waals surface area contributed by atoms with Crippen molar-refractivity contribution < 1.29 is 75.8 Å².